The molecule has 0 aromatic heterocycles. The van der Waals surface area contributed by atoms with E-state index < -0.39 is 0 Å². The molecule has 0 heterocycles. The summed E-state index contributed by atoms with van der Waals surface area (Å²) in [6, 6.07) is 8.19. The molecule has 0 fully saturated rings. The van der Waals surface area contributed by atoms with E-state index in [1.807, 2.05) is 19.1 Å². The molecule has 76 valence electrons. The van der Waals surface area contributed by atoms with E-state index in [4.69, 9.17) is 10.6 Å². The van der Waals surface area contributed by atoms with Gasteiger partial charge in [0.1, 0.15) is 7.11 Å². The molecule has 14 heavy (non-hydrogen) atoms. The van der Waals surface area contributed by atoms with Gasteiger partial charge in [0.2, 0.25) is 0 Å². The van der Waals surface area contributed by atoms with Crippen molar-refractivity contribution in [2.75, 3.05) is 13.7 Å². The standard InChI is InChI=1S/C11H16N2O/c1-9(13-14-2)11-5-3-10(4-6-11)7-8-12/h3-6H,7-8,12H2,1-2H3. The molecule has 0 amide bonds. The molecule has 0 bridgehead atoms. The Balaban J connectivity index is 2.77. The molecule has 3 heteroatoms. The van der Waals surface area contributed by atoms with Crippen molar-refractivity contribution < 1.29 is 4.84 Å². The Morgan fingerprint density at radius 2 is 2.00 bits per heavy atom. The van der Waals surface area contributed by atoms with Crippen molar-refractivity contribution >= 4 is 5.71 Å². The highest BCUT2D eigenvalue weighted by atomic mass is 16.6. The Morgan fingerprint density at radius 3 is 2.50 bits per heavy atom. The van der Waals surface area contributed by atoms with Gasteiger partial charge >= 0.3 is 0 Å². The zero-order chi connectivity index (χ0) is 10.4. The van der Waals surface area contributed by atoms with Crippen LogP contribution in [0.15, 0.2) is 29.4 Å². The minimum absolute atomic E-state index is 0.685. The highest BCUT2D eigenvalue weighted by Gasteiger charge is 1.97. The molecule has 1 aromatic carbocycles. The summed E-state index contributed by atoms with van der Waals surface area (Å²) in [5, 5.41) is 3.86. The molecule has 0 aliphatic carbocycles. The number of rotatable bonds is 4. The second-order valence-corrected chi connectivity index (χ2v) is 3.09. The first-order chi connectivity index (χ1) is 6.77. The van der Waals surface area contributed by atoms with E-state index in [1.54, 1.807) is 7.11 Å². The summed E-state index contributed by atoms with van der Waals surface area (Å²) in [5.74, 6) is 0. The molecule has 0 saturated heterocycles. The first kappa shape index (κ1) is 10.7. The second-order valence-electron chi connectivity index (χ2n) is 3.09. The summed E-state index contributed by atoms with van der Waals surface area (Å²) < 4.78 is 0. The summed E-state index contributed by atoms with van der Waals surface area (Å²) in [4.78, 5) is 4.70. The zero-order valence-electron chi connectivity index (χ0n) is 8.66. The lowest BCUT2D eigenvalue weighted by Gasteiger charge is -2.02. The molecule has 0 radical (unpaired) electrons. The van der Waals surface area contributed by atoms with Crippen LogP contribution in [0.5, 0.6) is 0 Å². The average Bonchev–Trinajstić information content (AvgIpc) is 2.20. The van der Waals surface area contributed by atoms with Gasteiger partial charge in [-0.3, -0.25) is 0 Å². The molecule has 0 aliphatic rings. The first-order valence-electron chi connectivity index (χ1n) is 4.65. The number of benzene rings is 1. The molecular weight excluding hydrogens is 176 g/mol. The van der Waals surface area contributed by atoms with Crippen molar-refractivity contribution in [1.82, 2.24) is 0 Å². The molecule has 3 nitrogen and oxygen atoms in total. The van der Waals surface area contributed by atoms with Gasteiger partial charge in [-0.15, -0.1) is 0 Å². The normalized spacial score (nSPS) is 11.5. The predicted octanol–water partition coefficient (Wildman–Crippen LogP) is 1.56. The predicted molar refractivity (Wildman–Crippen MR) is 58.4 cm³/mol. The van der Waals surface area contributed by atoms with E-state index in [9.17, 15) is 0 Å². The van der Waals surface area contributed by atoms with E-state index >= 15 is 0 Å². The minimum atomic E-state index is 0.685. The van der Waals surface area contributed by atoms with Crippen LogP contribution in [0.25, 0.3) is 0 Å². The van der Waals surface area contributed by atoms with E-state index in [2.05, 4.69) is 17.3 Å². The fraction of sp³-hybridized carbons (Fsp3) is 0.364. The van der Waals surface area contributed by atoms with E-state index in [0.717, 1.165) is 17.7 Å². The van der Waals surface area contributed by atoms with Crippen LogP contribution in [0.4, 0.5) is 0 Å². The van der Waals surface area contributed by atoms with Crippen LogP contribution in [0.1, 0.15) is 18.1 Å². The number of hydrogen-bond acceptors (Lipinski definition) is 3. The zero-order valence-corrected chi connectivity index (χ0v) is 8.66. The number of hydrogen-bond donors (Lipinski definition) is 1. The quantitative estimate of drug-likeness (QED) is 0.581. The second kappa shape index (κ2) is 5.40. The molecule has 0 saturated carbocycles. The van der Waals surface area contributed by atoms with Gasteiger partial charge in [0.05, 0.1) is 5.71 Å². The van der Waals surface area contributed by atoms with Crippen molar-refractivity contribution in [2.45, 2.75) is 13.3 Å². The monoisotopic (exact) mass is 192 g/mol. The highest BCUT2D eigenvalue weighted by molar-refractivity contribution is 5.98. The van der Waals surface area contributed by atoms with Crippen LogP contribution < -0.4 is 5.73 Å². The molecule has 1 aromatic rings. The van der Waals surface area contributed by atoms with Crippen molar-refractivity contribution in [1.29, 1.82) is 0 Å². The van der Waals surface area contributed by atoms with Gasteiger partial charge < -0.3 is 10.6 Å². The molecule has 0 aliphatic heterocycles. The lowest BCUT2D eigenvalue weighted by Crippen LogP contribution is -2.03. The number of nitrogens with zero attached hydrogens (tertiary/aromatic N) is 1. The molecule has 2 N–H and O–H groups in total. The lowest BCUT2D eigenvalue weighted by atomic mass is 10.1. The highest BCUT2D eigenvalue weighted by Crippen LogP contribution is 2.06. The third-order valence-electron chi connectivity index (χ3n) is 2.03. The SMILES string of the molecule is CON=C(C)c1ccc(CCN)cc1. The van der Waals surface area contributed by atoms with Crippen molar-refractivity contribution in [3.63, 3.8) is 0 Å². The largest absolute Gasteiger partial charge is 0.399 e. The van der Waals surface area contributed by atoms with Crippen LogP contribution in [0, 0.1) is 0 Å². The summed E-state index contributed by atoms with van der Waals surface area (Å²) in [6.07, 6.45) is 0.917. The van der Waals surface area contributed by atoms with E-state index in [0.29, 0.717) is 6.54 Å². The van der Waals surface area contributed by atoms with Crippen molar-refractivity contribution in [3.05, 3.63) is 35.4 Å². The van der Waals surface area contributed by atoms with Gasteiger partial charge in [0.15, 0.2) is 0 Å². The molecule has 1 rings (SSSR count). The average molecular weight is 192 g/mol. The first-order valence-corrected chi connectivity index (χ1v) is 4.65. The maximum absolute atomic E-state index is 5.46. The van der Waals surface area contributed by atoms with Gasteiger partial charge in [0, 0.05) is 0 Å². The van der Waals surface area contributed by atoms with Gasteiger partial charge in [-0.05, 0) is 31.0 Å². The fourth-order valence-electron chi connectivity index (χ4n) is 1.27. The maximum Gasteiger partial charge on any atom is 0.106 e. The summed E-state index contributed by atoms with van der Waals surface area (Å²) in [6.45, 7) is 2.60. The van der Waals surface area contributed by atoms with Crippen LogP contribution in [0.2, 0.25) is 0 Å². The smallest absolute Gasteiger partial charge is 0.106 e. The Kier molecular flexibility index (Phi) is 4.13. The van der Waals surface area contributed by atoms with Gasteiger partial charge in [-0.1, -0.05) is 29.4 Å². The van der Waals surface area contributed by atoms with Gasteiger partial charge in [-0.2, -0.15) is 0 Å². The van der Waals surface area contributed by atoms with Gasteiger partial charge in [0.25, 0.3) is 0 Å². The van der Waals surface area contributed by atoms with Gasteiger partial charge in [-0.25, -0.2) is 0 Å². The Labute approximate surface area is 84.6 Å². The number of oxime groups is 1. The third-order valence-corrected chi connectivity index (χ3v) is 2.03. The molecule has 0 unspecified atom stereocenters. The maximum atomic E-state index is 5.46. The Morgan fingerprint density at radius 1 is 1.36 bits per heavy atom. The molecule has 0 spiro atoms. The van der Waals surface area contributed by atoms with Crippen LogP contribution in [-0.4, -0.2) is 19.4 Å². The topological polar surface area (TPSA) is 47.6 Å². The van der Waals surface area contributed by atoms with E-state index in [1.165, 1.54) is 5.56 Å². The summed E-state index contributed by atoms with van der Waals surface area (Å²) in [5.41, 5.74) is 8.67. The van der Waals surface area contributed by atoms with Crippen LogP contribution >= 0.6 is 0 Å². The lowest BCUT2D eigenvalue weighted by molar-refractivity contribution is 0.213. The van der Waals surface area contributed by atoms with Crippen molar-refractivity contribution in [2.24, 2.45) is 10.9 Å². The minimum Gasteiger partial charge on any atom is -0.399 e. The molecular formula is C11H16N2O. The molecule has 0 atom stereocenters. The Hall–Kier alpha value is -1.35. The van der Waals surface area contributed by atoms with Crippen LogP contribution in [-0.2, 0) is 11.3 Å². The van der Waals surface area contributed by atoms with E-state index in [-0.39, 0.29) is 0 Å². The summed E-state index contributed by atoms with van der Waals surface area (Å²) >= 11 is 0. The summed E-state index contributed by atoms with van der Waals surface area (Å²) in [7, 11) is 1.55. The van der Waals surface area contributed by atoms with Crippen molar-refractivity contribution in [3.8, 4) is 0 Å². The fourth-order valence-corrected chi connectivity index (χ4v) is 1.27. The number of nitrogens with two attached hydrogens (primary N) is 1. The Bertz CT molecular complexity index is 304. The van der Waals surface area contributed by atoms with Crippen LogP contribution in [0.3, 0.4) is 0 Å². The third kappa shape index (κ3) is 2.85.